The normalized spacial score (nSPS) is 24.4. The fraction of sp³-hybridized carbons (Fsp3) is 0.412. The summed E-state index contributed by atoms with van der Waals surface area (Å²) in [6.45, 7) is 3.59. The van der Waals surface area contributed by atoms with Crippen LogP contribution in [0.25, 0.3) is 0 Å². The second-order valence-corrected chi connectivity index (χ2v) is 6.80. The largest absolute Gasteiger partial charge is 0.435 e. The van der Waals surface area contributed by atoms with Crippen LogP contribution in [-0.4, -0.2) is 40.8 Å². The van der Waals surface area contributed by atoms with Gasteiger partial charge >= 0.3 is 6.61 Å². The number of thioether (sulfide) groups is 1. The van der Waals surface area contributed by atoms with Gasteiger partial charge in [0.15, 0.2) is 5.78 Å². The van der Waals surface area contributed by atoms with Crippen LogP contribution in [0, 0.1) is 0 Å². The first-order valence-corrected chi connectivity index (χ1v) is 8.58. The van der Waals surface area contributed by atoms with E-state index in [2.05, 4.69) is 21.6 Å². The second kappa shape index (κ2) is 6.55. The van der Waals surface area contributed by atoms with E-state index in [0.29, 0.717) is 5.69 Å². The number of fused-ring (bicyclic) bond motifs is 1. The topological polar surface area (TPSA) is 41.9 Å². The zero-order chi connectivity index (χ0) is 17.4. The van der Waals surface area contributed by atoms with Gasteiger partial charge < -0.3 is 9.64 Å². The number of ketones is 1. The smallest absolute Gasteiger partial charge is 0.387 e. The van der Waals surface area contributed by atoms with Gasteiger partial charge in [0.25, 0.3) is 0 Å². The van der Waals surface area contributed by atoms with Crippen molar-refractivity contribution in [1.82, 2.24) is 4.90 Å². The van der Waals surface area contributed by atoms with Gasteiger partial charge in [0.05, 0.1) is 27.6 Å². The highest BCUT2D eigenvalue weighted by molar-refractivity contribution is 8.06. The Labute approximate surface area is 143 Å². The number of rotatable bonds is 5. The van der Waals surface area contributed by atoms with Crippen LogP contribution in [-0.2, 0) is 4.79 Å². The molecule has 2 aliphatic rings. The Bertz CT molecular complexity index is 716. The number of carbonyl (C=O) groups is 1. The van der Waals surface area contributed by atoms with E-state index < -0.39 is 6.61 Å². The van der Waals surface area contributed by atoms with Crippen LogP contribution in [0.3, 0.4) is 0 Å². The van der Waals surface area contributed by atoms with Crippen molar-refractivity contribution in [3.05, 3.63) is 34.9 Å². The lowest BCUT2D eigenvalue weighted by atomic mass is 10.3. The fourth-order valence-corrected chi connectivity index (χ4v) is 4.32. The van der Waals surface area contributed by atoms with E-state index in [1.165, 1.54) is 12.1 Å². The highest BCUT2D eigenvalue weighted by Gasteiger charge is 2.54. The molecule has 0 N–H and O–H groups in total. The summed E-state index contributed by atoms with van der Waals surface area (Å²) in [7, 11) is 0. The Hall–Kier alpha value is -1.89. The maximum atomic E-state index is 12.2. The monoisotopic (exact) mass is 352 g/mol. The number of aliphatic imine (C=N–C) groups is 1. The lowest BCUT2D eigenvalue weighted by Gasteiger charge is -2.28. The maximum Gasteiger partial charge on any atom is 0.387 e. The number of alkyl halides is 2. The molecule has 3 rings (SSSR count). The number of allylic oxidation sites excluding steroid dienone is 2. The molecule has 0 spiro atoms. The molecule has 7 heteroatoms. The quantitative estimate of drug-likeness (QED) is 0.803. The third kappa shape index (κ3) is 3.17. The lowest BCUT2D eigenvalue weighted by molar-refractivity contribution is -0.113. The number of halogens is 2. The number of Topliss-reactive ketones (excluding diaryl/α,β-unsaturated/α-hetero) is 1. The van der Waals surface area contributed by atoms with Crippen molar-refractivity contribution in [3.8, 4) is 5.75 Å². The van der Waals surface area contributed by atoms with E-state index in [1.54, 1.807) is 30.8 Å². The average molecular weight is 352 g/mol. The zero-order valence-electron chi connectivity index (χ0n) is 13.6. The van der Waals surface area contributed by atoms with Crippen molar-refractivity contribution in [2.24, 2.45) is 4.99 Å². The molecule has 2 unspecified atom stereocenters. The Morgan fingerprint density at radius 1 is 1.38 bits per heavy atom. The summed E-state index contributed by atoms with van der Waals surface area (Å²) < 4.78 is 28.7. The van der Waals surface area contributed by atoms with Crippen LogP contribution < -0.4 is 4.74 Å². The molecule has 24 heavy (non-hydrogen) atoms. The van der Waals surface area contributed by atoms with Gasteiger partial charge in [-0.15, -0.1) is 11.8 Å². The Morgan fingerprint density at radius 2 is 2.04 bits per heavy atom. The number of benzene rings is 1. The third-order valence-corrected chi connectivity index (χ3v) is 5.66. The number of nitrogens with zero attached hydrogens (tertiary/aromatic N) is 2. The summed E-state index contributed by atoms with van der Waals surface area (Å²) >= 11 is 1.57. The van der Waals surface area contributed by atoms with Gasteiger partial charge in [-0.3, -0.25) is 9.79 Å². The van der Waals surface area contributed by atoms with Gasteiger partial charge in [0.2, 0.25) is 0 Å². The number of hydrogen-bond donors (Lipinski definition) is 0. The van der Waals surface area contributed by atoms with E-state index in [0.717, 1.165) is 22.9 Å². The molecule has 1 aliphatic heterocycles. The summed E-state index contributed by atoms with van der Waals surface area (Å²) in [6.07, 6.45) is 0. The van der Waals surface area contributed by atoms with Crippen LogP contribution in [0.15, 0.2) is 39.9 Å². The van der Waals surface area contributed by atoms with Crippen molar-refractivity contribution in [2.45, 2.75) is 38.7 Å². The van der Waals surface area contributed by atoms with Crippen molar-refractivity contribution >= 4 is 28.9 Å². The summed E-state index contributed by atoms with van der Waals surface area (Å²) in [6, 6.07) is 6.48. The lowest BCUT2D eigenvalue weighted by Crippen LogP contribution is -2.30. The van der Waals surface area contributed by atoms with Crippen molar-refractivity contribution < 1.29 is 18.3 Å². The molecular formula is C17H18F2N2O2S. The standard InChI is InChI=1S/C17H18F2N2O2S/c1-4-21-9(2)15(10(3)22)24-16-13(14(16)21)20-11-5-7-12(8-6-11)23-17(18)19/h5-8,14,16-17H,4H2,1-3H3. The first kappa shape index (κ1) is 17.0. The number of carbonyl (C=O) groups excluding carboxylic acids is 1. The van der Waals surface area contributed by atoms with Gasteiger partial charge in [-0.1, -0.05) is 0 Å². The van der Waals surface area contributed by atoms with Crippen molar-refractivity contribution in [2.75, 3.05) is 6.54 Å². The van der Waals surface area contributed by atoms with E-state index >= 15 is 0 Å². The molecule has 0 bridgehead atoms. The Morgan fingerprint density at radius 3 is 2.58 bits per heavy atom. The van der Waals surface area contributed by atoms with Crippen molar-refractivity contribution in [3.63, 3.8) is 0 Å². The highest BCUT2D eigenvalue weighted by Crippen LogP contribution is 2.48. The van der Waals surface area contributed by atoms with E-state index in [9.17, 15) is 13.6 Å². The van der Waals surface area contributed by atoms with Crippen LogP contribution in [0.2, 0.25) is 0 Å². The van der Waals surface area contributed by atoms with E-state index in [-0.39, 0.29) is 22.8 Å². The average Bonchev–Trinajstić information content (AvgIpc) is 3.20. The molecule has 1 aromatic rings. The molecule has 1 fully saturated rings. The highest BCUT2D eigenvalue weighted by atomic mass is 32.2. The minimum atomic E-state index is -2.83. The number of hydrogen-bond acceptors (Lipinski definition) is 5. The summed E-state index contributed by atoms with van der Waals surface area (Å²) in [5, 5.41) is 0.185. The molecule has 1 heterocycles. The molecule has 4 nitrogen and oxygen atoms in total. The predicted octanol–water partition coefficient (Wildman–Crippen LogP) is 4.00. The molecule has 1 aromatic carbocycles. The van der Waals surface area contributed by atoms with Gasteiger partial charge in [0, 0.05) is 12.2 Å². The van der Waals surface area contributed by atoms with Crippen molar-refractivity contribution in [1.29, 1.82) is 0 Å². The van der Waals surface area contributed by atoms with Gasteiger partial charge in [-0.25, -0.2) is 0 Å². The predicted molar refractivity (Wildman–Crippen MR) is 91.1 cm³/mol. The SMILES string of the molecule is CCN1C(C)=C(C(C)=O)SC2C(=Nc3ccc(OC(F)F)cc3)C21. The van der Waals surface area contributed by atoms with Gasteiger partial charge in [0.1, 0.15) is 5.75 Å². The third-order valence-electron chi connectivity index (χ3n) is 4.09. The van der Waals surface area contributed by atoms with Crippen LogP contribution in [0.1, 0.15) is 20.8 Å². The van der Waals surface area contributed by atoms with Crippen LogP contribution >= 0.6 is 11.8 Å². The minimum Gasteiger partial charge on any atom is -0.435 e. The second-order valence-electron chi connectivity index (χ2n) is 5.65. The Balaban J connectivity index is 1.79. The summed E-state index contributed by atoms with van der Waals surface area (Å²) in [4.78, 5) is 19.4. The van der Waals surface area contributed by atoms with E-state index in [1.807, 2.05) is 6.92 Å². The first-order chi connectivity index (χ1) is 11.4. The molecule has 0 amide bonds. The van der Waals surface area contributed by atoms with Gasteiger partial charge in [-0.2, -0.15) is 8.78 Å². The zero-order valence-corrected chi connectivity index (χ0v) is 14.4. The summed E-state index contributed by atoms with van der Waals surface area (Å²) in [5.74, 6) is 0.192. The molecule has 1 saturated carbocycles. The fourth-order valence-electron chi connectivity index (χ4n) is 2.97. The molecule has 2 atom stereocenters. The first-order valence-electron chi connectivity index (χ1n) is 7.70. The Kier molecular flexibility index (Phi) is 4.62. The molecule has 0 saturated heterocycles. The molecule has 1 aliphatic carbocycles. The van der Waals surface area contributed by atoms with E-state index in [4.69, 9.17) is 0 Å². The molecule has 0 aromatic heterocycles. The molecular weight excluding hydrogens is 334 g/mol. The maximum absolute atomic E-state index is 12.2. The molecule has 0 radical (unpaired) electrons. The number of ether oxygens (including phenoxy) is 1. The van der Waals surface area contributed by atoms with Crippen LogP contribution in [0.5, 0.6) is 5.75 Å². The van der Waals surface area contributed by atoms with Gasteiger partial charge in [-0.05, 0) is 45.0 Å². The molecule has 128 valence electrons. The van der Waals surface area contributed by atoms with Crippen LogP contribution in [0.4, 0.5) is 14.5 Å². The summed E-state index contributed by atoms with van der Waals surface area (Å²) in [5.41, 5.74) is 2.71. The minimum absolute atomic E-state index is 0.0779.